The number of hydrogen-bond donors (Lipinski definition) is 1. The van der Waals surface area contributed by atoms with Gasteiger partial charge in [-0.05, 0) is 65.7 Å². The number of carbonyl (C=O) groups excluding carboxylic acids is 3. The summed E-state index contributed by atoms with van der Waals surface area (Å²) < 4.78 is 19.9. The molecular formula is C24H16BrFN2O4. The molecule has 1 N–H and O–H groups in total. The van der Waals surface area contributed by atoms with Crippen molar-refractivity contribution in [3.63, 3.8) is 0 Å². The number of nitrogens with one attached hydrogen (secondary N) is 1. The van der Waals surface area contributed by atoms with Crippen LogP contribution in [-0.4, -0.2) is 17.8 Å². The first-order valence-electron chi connectivity index (χ1n) is 9.55. The van der Waals surface area contributed by atoms with Crippen LogP contribution in [0, 0.1) is 5.82 Å². The van der Waals surface area contributed by atoms with Gasteiger partial charge in [-0.1, -0.05) is 40.2 Å². The molecule has 160 valence electrons. The minimum atomic E-state index is -0.888. The van der Waals surface area contributed by atoms with E-state index in [9.17, 15) is 18.8 Å². The van der Waals surface area contributed by atoms with E-state index in [4.69, 9.17) is 4.74 Å². The molecule has 0 bridgehead atoms. The molecule has 1 aliphatic heterocycles. The Labute approximate surface area is 191 Å². The van der Waals surface area contributed by atoms with Gasteiger partial charge in [-0.25, -0.2) is 14.1 Å². The zero-order valence-corrected chi connectivity index (χ0v) is 18.1. The second kappa shape index (κ2) is 9.15. The van der Waals surface area contributed by atoms with Gasteiger partial charge in [-0.2, -0.15) is 0 Å². The summed E-state index contributed by atoms with van der Waals surface area (Å²) in [5.74, 6) is -1.47. The van der Waals surface area contributed by atoms with Gasteiger partial charge in [0, 0.05) is 4.47 Å². The van der Waals surface area contributed by atoms with E-state index in [0.29, 0.717) is 17.9 Å². The minimum absolute atomic E-state index is 0.156. The Balaban J connectivity index is 1.50. The fourth-order valence-corrected chi connectivity index (χ4v) is 3.32. The first-order chi connectivity index (χ1) is 15.4. The lowest BCUT2D eigenvalue weighted by atomic mass is 10.1. The van der Waals surface area contributed by atoms with Gasteiger partial charge < -0.3 is 4.74 Å². The number of carbonyl (C=O) groups is 3. The molecule has 4 amide bonds. The molecule has 1 heterocycles. The van der Waals surface area contributed by atoms with E-state index >= 15 is 0 Å². The quantitative estimate of drug-likeness (QED) is 0.407. The van der Waals surface area contributed by atoms with Crippen LogP contribution in [0.1, 0.15) is 11.1 Å². The van der Waals surface area contributed by atoms with Crippen LogP contribution < -0.4 is 15.0 Å². The first-order valence-corrected chi connectivity index (χ1v) is 10.3. The average Bonchev–Trinajstić information content (AvgIpc) is 2.78. The summed E-state index contributed by atoms with van der Waals surface area (Å²) in [6.07, 6.45) is 1.39. The van der Waals surface area contributed by atoms with Crippen molar-refractivity contribution >= 4 is 45.5 Å². The lowest BCUT2D eigenvalue weighted by Gasteiger charge is -2.26. The van der Waals surface area contributed by atoms with Gasteiger partial charge in [0.1, 0.15) is 23.7 Å². The van der Waals surface area contributed by atoms with Crippen molar-refractivity contribution in [3.8, 4) is 5.75 Å². The number of benzene rings is 3. The van der Waals surface area contributed by atoms with Gasteiger partial charge in [-0.3, -0.25) is 14.9 Å². The number of amides is 4. The second-order valence-electron chi connectivity index (χ2n) is 6.92. The molecule has 0 radical (unpaired) electrons. The highest BCUT2D eigenvalue weighted by atomic mass is 79.9. The highest BCUT2D eigenvalue weighted by Gasteiger charge is 2.36. The lowest BCUT2D eigenvalue weighted by molar-refractivity contribution is -0.122. The van der Waals surface area contributed by atoms with Crippen LogP contribution in [0.15, 0.2) is 82.8 Å². The summed E-state index contributed by atoms with van der Waals surface area (Å²) in [5, 5.41) is 2.13. The monoisotopic (exact) mass is 494 g/mol. The highest BCUT2D eigenvalue weighted by molar-refractivity contribution is 9.10. The van der Waals surface area contributed by atoms with Crippen LogP contribution in [0.5, 0.6) is 5.75 Å². The van der Waals surface area contributed by atoms with Gasteiger partial charge in [0.25, 0.3) is 11.8 Å². The van der Waals surface area contributed by atoms with Crippen molar-refractivity contribution < 1.29 is 23.5 Å². The third-order valence-corrected chi connectivity index (χ3v) is 5.23. The van der Waals surface area contributed by atoms with Crippen LogP contribution in [0.2, 0.25) is 0 Å². The number of barbiturate groups is 1. The summed E-state index contributed by atoms with van der Waals surface area (Å²) in [5.41, 5.74) is 1.53. The SMILES string of the molecule is O=C1NC(=O)N(c2ccc(F)cc2)C(=O)/C1=C/c1ccc(OCc2ccc(Br)cc2)cc1. The highest BCUT2D eigenvalue weighted by Crippen LogP contribution is 2.23. The van der Waals surface area contributed by atoms with Crippen LogP contribution in [-0.2, 0) is 16.2 Å². The van der Waals surface area contributed by atoms with E-state index in [1.54, 1.807) is 24.3 Å². The van der Waals surface area contributed by atoms with Crippen molar-refractivity contribution in [3.05, 3.63) is 99.8 Å². The van der Waals surface area contributed by atoms with Gasteiger partial charge in [-0.15, -0.1) is 0 Å². The summed E-state index contributed by atoms with van der Waals surface area (Å²) in [7, 11) is 0. The maximum Gasteiger partial charge on any atom is 0.335 e. The summed E-state index contributed by atoms with van der Waals surface area (Å²) in [4.78, 5) is 38.1. The molecule has 1 saturated heterocycles. The molecule has 6 nitrogen and oxygen atoms in total. The van der Waals surface area contributed by atoms with Crippen molar-refractivity contribution in [1.82, 2.24) is 5.32 Å². The number of imide groups is 2. The fourth-order valence-electron chi connectivity index (χ4n) is 3.06. The van der Waals surface area contributed by atoms with Crippen LogP contribution in [0.4, 0.5) is 14.9 Å². The largest absolute Gasteiger partial charge is 0.489 e. The van der Waals surface area contributed by atoms with E-state index in [0.717, 1.165) is 27.1 Å². The molecule has 32 heavy (non-hydrogen) atoms. The summed E-state index contributed by atoms with van der Waals surface area (Å²) >= 11 is 3.39. The number of rotatable bonds is 5. The molecule has 0 unspecified atom stereocenters. The fraction of sp³-hybridized carbons (Fsp3) is 0.0417. The maximum absolute atomic E-state index is 13.2. The molecule has 8 heteroatoms. The molecule has 0 aliphatic carbocycles. The molecule has 3 aromatic rings. The number of anilines is 1. The van der Waals surface area contributed by atoms with Gasteiger partial charge >= 0.3 is 6.03 Å². The van der Waals surface area contributed by atoms with E-state index in [1.807, 2.05) is 24.3 Å². The molecule has 0 spiro atoms. The van der Waals surface area contributed by atoms with E-state index in [1.165, 1.54) is 18.2 Å². The third-order valence-electron chi connectivity index (χ3n) is 4.70. The second-order valence-corrected chi connectivity index (χ2v) is 7.83. The molecular weight excluding hydrogens is 479 g/mol. The van der Waals surface area contributed by atoms with E-state index < -0.39 is 23.7 Å². The van der Waals surface area contributed by atoms with Crippen molar-refractivity contribution in [2.24, 2.45) is 0 Å². The third kappa shape index (κ3) is 4.76. The maximum atomic E-state index is 13.2. The number of hydrogen-bond acceptors (Lipinski definition) is 4. The number of ether oxygens (including phenoxy) is 1. The summed E-state index contributed by atoms with van der Waals surface area (Å²) in [6.45, 7) is 0.392. The van der Waals surface area contributed by atoms with E-state index in [2.05, 4.69) is 21.2 Å². The smallest absolute Gasteiger partial charge is 0.335 e. The Kier molecular flexibility index (Phi) is 6.13. The number of nitrogens with zero attached hydrogens (tertiary/aromatic N) is 1. The predicted molar refractivity (Wildman–Crippen MR) is 120 cm³/mol. The molecule has 3 aromatic carbocycles. The Morgan fingerprint density at radius 1 is 0.906 bits per heavy atom. The molecule has 1 fully saturated rings. The Hall–Kier alpha value is -3.78. The van der Waals surface area contributed by atoms with Crippen molar-refractivity contribution in [2.75, 3.05) is 4.90 Å². The van der Waals surface area contributed by atoms with Crippen LogP contribution in [0.25, 0.3) is 6.08 Å². The van der Waals surface area contributed by atoms with Gasteiger partial charge in [0.2, 0.25) is 0 Å². The Morgan fingerprint density at radius 3 is 2.22 bits per heavy atom. The van der Waals surface area contributed by atoms with E-state index in [-0.39, 0.29) is 11.3 Å². The normalized spacial score (nSPS) is 15.1. The average molecular weight is 495 g/mol. The van der Waals surface area contributed by atoms with Gasteiger partial charge in [0.15, 0.2) is 0 Å². The topological polar surface area (TPSA) is 75.7 Å². The zero-order chi connectivity index (χ0) is 22.7. The van der Waals surface area contributed by atoms with Crippen LogP contribution in [0.3, 0.4) is 0 Å². The molecule has 4 rings (SSSR count). The minimum Gasteiger partial charge on any atom is -0.489 e. The van der Waals surface area contributed by atoms with Crippen molar-refractivity contribution in [1.29, 1.82) is 0 Å². The Morgan fingerprint density at radius 2 is 1.56 bits per heavy atom. The molecule has 0 aromatic heterocycles. The molecule has 0 atom stereocenters. The Bertz CT molecular complexity index is 1210. The van der Waals surface area contributed by atoms with Crippen molar-refractivity contribution in [2.45, 2.75) is 6.61 Å². The van der Waals surface area contributed by atoms with Gasteiger partial charge in [0.05, 0.1) is 5.69 Å². The number of halogens is 2. The first kappa shape index (κ1) is 21.5. The summed E-state index contributed by atoms with van der Waals surface area (Å²) in [6, 6.07) is 18.5. The molecule has 1 aliphatic rings. The predicted octanol–water partition coefficient (Wildman–Crippen LogP) is 4.83. The standard InChI is InChI=1S/C24H16BrFN2O4/c25-17-5-1-16(2-6-17)14-32-20-11-3-15(4-12-20)13-21-22(29)27-24(31)28(23(21)30)19-9-7-18(26)8-10-19/h1-13H,14H2,(H,27,29,31)/b21-13+. The lowest BCUT2D eigenvalue weighted by Crippen LogP contribution is -2.54. The molecule has 0 saturated carbocycles. The van der Waals surface area contributed by atoms with Crippen LogP contribution >= 0.6 is 15.9 Å². The zero-order valence-electron chi connectivity index (χ0n) is 16.5. The number of urea groups is 1.